The van der Waals surface area contributed by atoms with Gasteiger partial charge in [-0.3, -0.25) is 9.88 Å². The Bertz CT molecular complexity index is 924. The first-order chi connectivity index (χ1) is 14.1. The van der Waals surface area contributed by atoms with Crippen LogP contribution in [0.1, 0.15) is 46.6 Å². The minimum absolute atomic E-state index is 0.218. The first kappa shape index (κ1) is 21.9. The number of carboxylic acid groups (broad SMARTS) is 1. The molecule has 1 aromatic carbocycles. The van der Waals surface area contributed by atoms with Crippen molar-refractivity contribution in [2.24, 2.45) is 5.92 Å². The molecule has 7 heteroatoms. The Morgan fingerprint density at radius 3 is 2.70 bits per heavy atom. The summed E-state index contributed by atoms with van der Waals surface area (Å²) >= 11 is 0. The molecule has 2 aromatic rings. The third kappa shape index (κ3) is 4.66. The van der Waals surface area contributed by atoms with Crippen LogP contribution < -0.4 is 9.47 Å². The summed E-state index contributed by atoms with van der Waals surface area (Å²) in [5.74, 6) is 1.02. The second kappa shape index (κ2) is 8.50. The highest BCUT2D eigenvalue weighted by Gasteiger charge is 2.34. The Labute approximate surface area is 176 Å². The van der Waals surface area contributed by atoms with E-state index in [1.807, 2.05) is 20.8 Å². The average molecular weight is 416 g/mol. The van der Waals surface area contributed by atoms with Crippen molar-refractivity contribution < 1.29 is 23.8 Å². The van der Waals surface area contributed by atoms with Crippen molar-refractivity contribution in [3.8, 4) is 22.6 Å². The summed E-state index contributed by atoms with van der Waals surface area (Å²) < 4.78 is 26.0. The molecule has 1 amide bonds. The zero-order valence-corrected chi connectivity index (χ0v) is 18.1. The molecule has 0 aliphatic carbocycles. The lowest BCUT2D eigenvalue weighted by molar-refractivity contribution is 0.0433. The molecule has 30 heavy (non-hydrogen) atoms. The van der Waals surface area contributed by atoms with Crippen LogP contribution in [0.4, 0.5) is 9.18 Å². The van der Waals surface area contributed by atoms with Crippen molar-refractivity contribution in [3.63, 3.8) is 0 Å². The van der Waals surface area contributed by atoms with Gasteiger partial charge in [0.2, 0.25) is 0 Å². The number of rotatable bonds is 6. The molecule has 1 aliphatic heterocycles. The van der Waals surface area contributed by atoms with Crippen molar-refractivity contribution in [1.29, 1.82) is 0 Å². The summed E-state index contributed by atoms with van der Waals surface area (Å²) in [6.45, 7) is 10.2. The summed E-state index contributed by atoms with van der Waals surface area (Å²) in [7, 11) is 0. The van der Waals surface area contributed by atoms with E-state index in [0.29, 0.717) is 40.5 Å². The number of carbonyl (C=O) groups is 1. The number of nitrogens with zero attached hydrogens (tertiary/aromatic N) is 2. The number of pyridine rings is 1. The summed E-state index contributed by atoms with van der Waals surface area (Å²) in [5, 5.41) is 9.78. The molecule has 2 heterocycles. The van der Waals surface area contributed by atoms with Crippen molar-refractivity contribution in [1.82, 2.24) is 9.88 Å². The third-order valence-corrected chi connectivity index (χ3v) is 5.06. The van der Waals surface area contributed by atoms with Gasteiger partial charge in [-0.05, 0) is 45.2 Å². The first-order valence-electron chi connectivity index (χ1n) is 10.1. The van der Waals surface area contributed by atoms with Crippen LogP contribution in [0.3, 0.4) is 0 Å². The maximum atomic E-state index is 14.3. The smallest absolute Gasteiger partial charge is 0.408 e. The maximum absolute atomic E-state index is 14.3. The quantitative estimate of drug-likeness (QED) is 0.687. The minimum atomic E-state index is -0.966. The molecule has 0 radical (unpaired) electrons. The standard InChI is InChI=1S/C23H29FN2O4/c1-14(2)8-16(26(22(27)28)23(3,4)5)13-29-17-6-7-18-20(9-17)30-12-15-10-25-11-19(24)21(15)18/h6-7,9-11,14,16H,8,12-13H2,1-5H3,(H,27,28)/t16-/m0/s1. The Morgan fingerprint density at radius 1 is 1.33 bits per heavy atom. The fourth-order valence-corrected chi connectivity index (χ4v) is 3.94. The minimum Gasteiger partial charge on any atom is -0.491 e. The van der Waals surface area contributed by atoms with Crippen LogP contribution in [0.5, 0.6) is 11.5 Å². The van der Waals surface area contributed by atoms with Crippen LogP contribution in [-0.4, -0.2) is 39.3 Å². The van der Waals surface area contributed by atoms with Gasteiger partial charge in [0.05, 0.1) is 12.2 Å². The second-order valence-electron chi connectivity index (χ2n) is 9.02. The van der Waals surface area contributed by atoms with Crippen molar-refractivity contribution in [2.75, 3.05) is 6.61 Å². The molecule has 1 N–H and O–H groups in total. The second-order valence-corrected chi connectivity index (χ2v) is 9.02. The molecule has 0 fully saturated rings. The number of hydrogen-bond acceptors (Lipinski definition) is 4. The van der Waals surface area contributed by atoms with Crippen LogP contribution in [0.15, 0.2) is 30.6 Å². The molecule has 162 valence electrons. The van der Waals surface area contributed by atoms with E-state index in [1.54, 1.807) is 24.4 Å². The number of benzene rings is 1. The van der Waals surface area contributed by atoms with Crippen LogP contribution in [0.25, 0.3) is 11.1 Å². The lowest BCUT2D eigenvalue weighted by Crippen LogP contribution is -2.53. The molecule has 0 bridgehead atoms. The van der Waals surface area contributed by atoms with Gasteiger partial charge in [-0.1, -0.05) is 13.8 Å². The van der Waals surface area contributed by atoms with E-state index in [4.69, 9.17) is 9.47 Å². The number of ether oxygens (including phenoxy) is 2. The molecule has 1 aliphatic rings. The van der Waals surface area contributed by atoms with Crippen molar-refractivity contribution >= 4 is 6.09 Å². The number of fused-ring (bicyclic) bond motifs is 3. The predicted octanol–water partition coefficient (Wildman–Crippen LogP) is 5.35. The lowest BCUT2D eigenvalue weighted by atomic mass is 9.97. The third-order valence-electron chi connectivity index (χ3n) is 5.06. The van der Waals surface area contributed by atoms with Gasteiger partial charge in [0.25, 0.3) is 0 Å². The first-order valence-corrected chi connectivity index (χ1v) is 10.1. The molecular formula is C23H29FN2O4. The van der Waals surface area contributed by atoms with Crippen molar-refractivity contribution in [2.45, 2.75) is 59.2 Å². The molecule has 0 unspecified atom stereocenters. The summed E-state index contributed by atoms with van der Waals surface area (Å²) in [4.78, 5) is 17.3. The fraction of sp³-hybridized carbons (Fsp3) is 0.478. The van der Waals surface area contributed by atoms with Crippen LogP contribution in [0.2, 0.25) is 0 Å². The van der Waals surface area contributed by atoms with Gasteiger partial charge in [0, 0.05) is 34.5 Å². The average Bonchev–Trinajstić information content (AvgIpc) is 2.64. The molecule has 6 nitrogen and oxygen atoms in total. The highest BCUT2D eigenvalue weighted by atomic mass is 19.1. The SMILES string of the molecule is CC(C)C[C@@H](COc1ccc2c(c1)OCc1cncc(F)c1-2)N(C(=O)O)C(C)(C)C. The lowest BCUT2D eigenvalue weighted by Gasteiger charge is -2.40. The zero-order chi connectivity index (χ0) is 22.1. The van der Waals surface area contributed by atoms with Crippen LogP contribution in [-0.2, 0) is 6.61 Å². The maximum Gasteiger partial charge on any atom is 0.408 e. The zero-order valence-electron chi connectivity index (χ0n) is 18.1. The highest BCUT2D eigenvalue weighted by molar-refractivity contribution is 5.76. The van der Waals surface area contributed by atoms with Gasteiger partial charge in [0.15, 0.2) is 0 Å². The van der Waals surface area contributed by atoms with E-state index in [0.717, 1.165) is 0 Å². The molecule has 1 atom stereocenters. The van der Waals surface area contributed by atoms with E-state index in [1.165, 1.54) is 11.1 Å². The topological polar surface area (TPSA) is 71.9 Å². The van der Waals surface area contributed by atoms with Crippen LogP contribution in [0, 0.1) is 11.7 Å². The predicted molar refractivity (Wildman–Crippen MR) is 112 cm³/mol. The fourth-order valence-electron chi connectivity index (χ4n) is 3.94. The van der Waals surface area contributed by atoms with Gasteiger partial charge in [-0.15, -0.1) is 0 Å². The Hall–Kier alpha value is -2.83. The number of amides is 1. The van der Waals surface area contributed by atoms with E-state index < -0.39 is 11.6 Å². The Morgan fingerprint density at radius 2 is 2.07 bits per heavy atom. The largest absolute Gasteiger partial charge is 0.491 e. The number of halogens is 1. The number of hydrogen-bond donors (Lipinski definition) is 1. The monoisotopic (exact) mass is 416 g/mol. The van der Waals surface area contributed by atoms with Crippen molar-refractivity contribution in [3.05, 3.63) is 42.0 Å². The van der Waals surface area contributed by atoms with E-state index in [2.05, 4.69) is 18.8 Å². The Kier molecular flexibility index (Phi) is 6.19. The summed E-state index contributed by atoms with van der Waals surface area (Å²) in [6.07, 6.45) is 2.51. The summed E-state index contributed by atoms with van der Waals surface area (Å²) in [6, 6.07) is 4.95. The molecule has 0 saturated carbocycles. The van der Waals surface area contributed by atoms with E-state index >= 15 is 0 Å². The van der Waals surface area contributed by atoms with Gasteiger partial charge < -0.3 is 14.6 Å². The number of aromatic nitrogens is 1. The van der Waals surface area contributed by atoms with Gasteiger partial charge in [0.1, 0.15) is 30.5 Å². The van der Waals surface area contributed by atoms with Gasteiger partial charge >= 0.3 is 6.09 Å². The van der Waals surface area contributed by atoms with E-state index in [9.17, 15) is 14.3 Å². The summed E-state index contributed by atoms with van der Waals surface area (Å²) in [5.41, 5.74) is 1.31. The molecule has 1 aromatic heterocycles. The molecular weight excluding hydrogens is 387 g/mol. The normalized spacial score (nSPS) is 13.8. The van der Waals surface area contributed by atoms with Gasteiger partial charge in [-0.2, -0.15) is 0 Å². The van der Waals surface area contributed by atoms with E-state index in [-0.39, 0.29) is 25.1 Å². The molecule has 3 rings (SSSR count). The Balaban J connectivity index is 1.82. The van der Waals surface area contributed by atoms with Gasteiger partial charge in [-0.25, -0.2) is 9.18 Å². The highest BCUT2D eigenvalue weighted by Crippen LogP contribution is 2.40. The molecule has 0 saturated heterocycles. The molecule has 0 spiro atoms. The van der Waals surface area contributed by atoms with Crippen LogP contribution >= 0.6 is 0 Å².